The predicted molar refractivity (Wildman–Crippen MR) is 141 cm³/mol. The van der Waals surface area contributed by atoms with Crippen LogP contribution in [0.1, 0.15) is 42.9 Å². The SMILES string of the molecule is COc1ccc([C@H](CC(=O)NCC(C)C)c2cn(Cc3ccccc3)c3ccccc23)cc1OC. The van der Waals surface area contributed by atoms with Crippen molar-refractivity contribution in [3.63, 3.8) is 0 Å². The molecule has 1 heterocycles. The number of methoxy groups -OCH3 is 2. The van der Waals surface area contributed by atoms with Gasteiger partial charge in [0.15, 0.2) is 11.5 Å². The van der Waals surface area contributed by atoms with Gasteiger partial charge in [-0.05, 0) is 40.8 Å². The van der Waals surface area contributed by atoms with Crippen molar-refractivity contribution in [1.29, 1.82) is 0 Å². The summed E-state index contributed by atoms with van der Waals surface area (Å²) in [4.78, 5) is 13.0. The van der Waals surface area contributed by atoms with Gasteiger partial charge in [-0.3, -0.25) is 4.79 Å². The van der Waals surface area contributed by atoms with Crippen molar-refractivity contribution in [2.45, 2.75) is 32.7 Å². The Hall–Kier alpha value is -3.73. The molecular weight excluding hydrogens is 436 g/mol. The molecule has 0 saturated carbocycles. The number of hydrogen-bond acceptors (Lipinski definition) is 3. The van der Waals surface area contributed by atoms with Crippen molar-refractivity contribution in [3.05, 3.63) is 95.7 Å². The lowest BCUT2D eigenvalue weighted by Gasteiger charge is -2.19. The van der Waals surface area contributed by atoms with Crippen LogP contribution in [0.3, 0.4) is 0 Å². The molecule has 1 N–H and O–H groups in total. The minimum atomic E-state index is -0.135. The molecule has 5 heteroatoms. The highest BCUT2D eigenvalue weighted by Crippen LogP contribution is 2.38. The van der Waals surface area contributed by atoms with Gasteiger partial charge < -0.3 is 19.4 Å². The van der Waals surface area contributed by atoms with Gasteiger partial charge in [-0.15, -0.1) is 0 Å². The van der Waals surface area contributed by atoms with Gasteiger partial charge in [-0.2, -0.15) is 0 Å². The molecule has 1 aromatic heterocycles. The second-order valence-electron chi connectivity index (χ2n) is 9.28. The van der Waals surface area contributed by atoms with Gasteiger partial charge in [-0.1, -0.05) is 68.4 Å². The molecule has 0 fully saturated rings. The van der Waals surface area contributed by atoms with Crippen LogP contribution < -0.4 is 14.8 Å². The molecule has 0 spiro atoms. The van der Waals surface area contributed by atoms with E-state index in [0.29, 0.717) is 30.4 Å². The number of rotatable bonds is 10. The van der Waals surface area contributed by atoms with E-state index in [-0.39, 0.29) is 11.8 Å². The van der Waals surface area contributed by atoms with E-state index in [0.717, 1.165) is 28.6 Å². The zero-order valence-corrected chi connectivity index (χ0v) is 21.0. The van der Waals surface area contributed by atoms with Crippen LogP contribution in [0.5, 0.6) is 11.5 Å². The number of aromatic nitrogens is 1. The van der Waals surface area contributed by atoms with E-state index in [1.54, 1.807) is 14.2 Å². The van der Waals surface area contributed by atoms with E-state index < -0.39 is 0 Å². The van der Waals surface area contributed by atoms with Crippen LogP contribution in [0.4, 0.5) is 0 Å². The number of nitrogens with one attached hydrogen (secondary N) is 1. The molecular formula is C30H34N2O3. The van der Waals surface area contributed by atoms with E-state index in [9.17, 15) is 4.79 Å². The number of amides is 1. The average Bonchev–Trinajstić information content (AvgIpc) is 3.24. The average molecular weight is 471 g/mol. The normalized spacial score (nSPS) is 12.0. The molecule has 35 heavy (non-hydrogen) atoms. The van der Waals surface area contributed by atoms with Crippen LogP contribution >= 0.6 is 0 Å². The fourth-order valence-corrected chi connectivity index (χ4v) is 4.52. The molecule has 0 radical (unpaired) electrons. The van der Waals surface area contributed by atoms with Gasteiger partial charge >= 0.3 is 0 Å². The Bertz CT molecular complexity index is 1280. The largest absolute Gasteiger partial charge is 0.493 e. The predicted octanol–water partition coefficient (Wildman–Crippen LogP) is 6.00. The molecule has 0 bridgehead atoms. The third kappa shape index (κ3) is 5.68. The first-order valence-corrected chi connectivity index (χ1v) is 12.1. The maximum absolute atomic E-state index is 13.0. The molecule has 4 aromatic rings. The summed E-state index contributed by atoms with van der Waals surface area (Å²) in [6, 6.07) is 24.8. The molecule has 0 saturated heterocycles. The van der Waals surface area contributed by atoms with Gasteiger partial charge in [0.25, 0.3) is 0 Å². The third-order valence-electron chi connectivity index (χ3n) is 6.30. The molecule has 182 valence electrons. The highest BCUT2D eigenvalue weighted by molar-refractivity contribution is 5.87. The monoisotopic (exact) mass is 470 g/mol. The molecule has 0 aliphatic carbocycles. The quantitative estimate of drug-likeness (QED) is 0.309. The molecule has 4 rings (SSSR count). The lowest BCUT2D eigenvalue weighted by Crippen LogP contribution is -2.28. The van der Waals surface area contributed by atoms with E-state index >= 15 is 0 Å². The van der Waals surface area contributed by atoms with Crippen LogP contribution in [-0.4, -0.2) is 31.2 Å². The summed E-state index contributed by atoms with van der Waals surface area (Å²) in [6.45, 7) is 5.62. The summed E-state index contributed by atoms with van der Waals surface area (Å²) >= 11 is 0. The van der Waals surface area contributed by atoms with Crippen molar-refractivity contribution in [3.8, 4) is 11.5 Å². The molecule has 0 aliphatic rings. The minimum Gasteiger partial charge on any atom is -0.493 e. The van der Waals surface area contributed by atoms with Gasteiger partial charge in [0.05, 0.1) is 14.2 Å². The van der Waals surface area contributed by atoms with Crippen LogP contribution in [0.15, 0.2) is 79.0 Å². The van der Waals surface area contributed by atoms with Gasteiger partial charge in [0.1, 0.15) is 0 Å². The first kappa shape index (κ1) is 24.4. The summed E-state index contributed by atoms with van der Waals surface area (Å²) in [6.07, 6.45) is 2.55. The van der Waals surface area contributed by atoms with E-state index in [1.807, 2.05) is 24.3 Å². The maximum Gasteiger partial charge on any atom is 0.220 e. The van der Waals surface area contributed by atoms with Crippen LogP contribution in [-0.2, 0) is 11.3 Å². The Balaban J connectivity index is 1.79. The first-order chi connectivity index (χ1) is 17.0. The highest BCUT2D eigenvalue weighted by Gasteiger charge is 2.24. The van der Waals surface area contributed by atoms with E-state index in [2.05, 4.69) is 78.5 Å². The fraction of sp³-hybridized carbons (Fsp3) is 0.300. The number of hydrogen-bond donors (Lipinski definition) is 1. The Morgan fingerprint density at radius 2 is 1.63 bits per heavy atom. The van der Waals surface area contributed by atoms with Crippen LogP contribution in [0.2, 0.25) is 0 Å². The number of para-hydroxylation sites is 1. The van der Waals surface area contributed by atoms with Crippen LogP contribution in [0.25, 0.3) is 10.9 Å². The minimum absolute atomic E-state index is 0.0402. The molecule has 0 unspecified atom stereocenters. The summed E-state index contributed by atoms with van der Waals surface area (Å²) in [5, 5.41) is 4.25. The topological polar surface area (TPSA) is 52.5 Å². The lowest BCUT2D eigenvalue weighted by molar-refractivity contribution is -0.121. The van der Waals surface area contributed by atoms with Crippen LogP contribution in [0, 0.1) is 5.92 Å². The summed E-state index contributed by atoms with van der Waals surface area (Å²) in [7, 11) is 3.27. The number of carbonyl (C=O) groups excluding carboxylic acids is 1. The molecule has 0 aliphatic heterocycles. The first-order valence-electron chi connectivity index (χ1n) is 12.1. The van der Waals surface area contributed by atoms with Crippen molar-refractivity contribution >= 4 is 16.8 Å². The van der Waals surface area contributed by atoms with E-state index in [1.165, 1.54) is 5.56 Å². The Morgan fingerprint density at radius 3 is 2.34 bits per heavy atom. The summed E-state index contributed by atoms with van der Waals surface area (Å²) in [5.74, 6) is 1.63. The fourth-order valence-electron chi connectivity index (χ4n) is 4.52. The second-order valence-corrected chi connectivity index (χ2v) is 9.28. The van der Waals surface area contributed by atoms with Gasteiger partial charge in [0.2, 0.25) is 5.91 Å². The smallest absolute Gasteiger partial charge is 0.220 e. The third-order valence-corrected chi connectivity index (χ3v) is 6.30. The number of benzene rings is 3. The number of nitrogens with zero attached hydrogens (tertiary/aromatic N) is 1. The number of fused-ring (bicyclic) bond motifs is 1. The Labute approximate surface area is 207 Å². The van der Waals surface area contributed by atoms with Gasteiger partial charge in [0, 0.05) is 42.5 Å². The van der Waals surface area contributed by atoms with Crippen molar-refractivity contribution in [2.75, 3.05) is 20.8 Å². The van der Waals surface area contributed by atoms with Crippen molar-refractivity contribution in [2.24, 2.45) is 5.92 Å². The summed E-state index contributed by atoms with van der Waals surface area (Å²) in [5.41, 5.74) is 4.53. The standard InChI is InChI=1S/C30H34N2O3/c1-21(2)18-31-30(33)17-25(23-14-15-28(34-3)29(16-23)35-4)26-20-32(19-22-10-6-5-7-11-22)27-13-9-8-12-24(26)27/h5-16,20-21,25H,17-19H2,1-4H3,(H,31,33)/t25-/m0/s1. The Kier molecular flexibility index (Phi) is 7.76. The highest BCUT2D eigenvalue weighted by atomic mass is 16.5. The summed E-state index contributed by atoms with van der Waals surface area (Å²) < 4.78 is 13.3. The number of carbonyl (C=O) groups is 1. The lowest BCUT2D eigenvalue weighted by atomic mass is 9.87. The second kappa shape index (κ2) is 11.1. The van der Waals surface area contributed by atoms with Crippen molar-refractivity contribution < 1.29 is 14.3 Å². The van der Waals surface area contributed by atoms with Crippen molar-refractivity contribution in [1.82, 2.24) is 9.88 Å². The zero-order valence-electron chi connectivity index (χ0n) is 21.0. The maximum atomic E-state index is 13.0. The van der Waals surface area contributed by atoms with Gasteiger partial charge in [-0.25, -0.2) is 0 Å². The van der Waals surface area contributed by atoms with E-state index in [4.69, 9.17) is 9.47 Å². The number of ether oxygens (including phenoxy) is 2. The zero-order chi connectivity index (χ0) is 24.8. The molecule has 1 amide bonds. The molecule has 3 aromatic carbocycles. The molecule has 1 atom stereocenters. The Morgan fingerprint density at radius 1 is 0.914 bits per heavy atom. The molecule has 5 nitrogen and oxygen atoms in total.